The van der Waals surface area contributed by atoms with Gasteiger partial charge in [0.05, 0.1) is 28.8 Å². The average Bonchev–Trinajstić information content (AvgIpc) is 3.12. The molecule has 0 saturated heterocycles. The second-order valence-electron chi connectivity index (χ2n) is 5.19. The molecule has 0 saturated carbocycles. The van der Waals surface area contributed by atoms with E-state index in [4.69, 9.17) is 11.6 Å². The summed E-state index contributed by atoms with van der Waals surface area (Å²) in [6.07, 6.45) is 2.67. The molecule has 0 bridgehead atoms. The lowest BCUT2D eigenvalue weighted by atomic mass is 10.2. The van der Waals surface area contributed by atoms with Crippen molar-refractivity contribution in [2.75, 3.05) is 10.6 Å². The highest BCUT2D eigenvalue weighted by atomic mass is 35.5. The highest BCUT2D eigenvalue weighted by Crippen LogP contribution is 2.22. The molecule has 132 valence electrons. The minimum atomic E-state index is -0.765. The van der Waals surface area contributed by atoms with Crippen LogP contribution < -0.4 is 10.6 Å². The van der Waals surface area contributed by atoms with Crippen molar-refractivity contribution in [3.63, 3.8) is 0 Å². The van der Waals surface area contributed by atoms with Crippen molar-refractivity contribution in [1.82, 2.24) is 9.97 Å². The summed E-state index contributed by atoms with van der Waals surface area (Å²) in [6.45, 7) is 0. The SMILES string of the molecule is O=C(Nc1ccc(NC(=O)c2ccc(F)cc2Cl)c(F)c1)c1cnc[nH]1. The molecule has 2 aromatic carbocycles. The van der Waals surface area contributed by atoms with Gasteiger partial charge in [0, 0.05) is 5.69 Å². The van der Waals surface area contributed by atoms with Crippen LogP contribution in [-0.2, 0) is 0 Å². The zero-order valence-electron chi connectivity index (χ0n) is 13.0. The van der Waals surface area contributed by atoms with E-state index < -0.39 is 23.4 Å². The fraction of sp³-hybridized carbons (Fsp3) is 0. The monoisotopic (exact) mass is 376 g/mol. The first kappa shape index (κ1) is 17.6. The predicted octanol–water partition coefficient (Wildman–Crippen LogP) is 3.85. The van der Waals surface area contributed by atoms with E-state index in [0.717, 1.165) is 18.2 Å². The standard InChI is InChI=1S/C17H11ClF2N4O2/c18-12-5-9(19)1-3-11(12)16(25)24-14-4-2-10(6-13(14)20)23-17(26)15-7-21-8-22-15/h1-8H,(H,21,22)(H,23,26)(H,24,25). The minimum absolute atomic E-state index is 0.00379. The molecule has 0 aliphatic rings. The summed E-state index contributed by atoms with van der Waals surface area (Å²) in [5.41, 5.74) is 0.299. The maximum absolute atomic E-state index is 14.2. The highest BCUT2D eigenvalue weighted by Gasteiger charge is 2.14. The summed E-state index contributed by atoms with van der Waals surface area (Å²) >= 11 is 5.81. The fourth-order valence-corrected chi connectivity index (χ4v) is 2.39. The van der Waals surface area contributed by atoms with Crippen molar-refractivity contribution >= 4 is 34.8 Å². The molecule has 6 nitrogen and oxygen atoms in total. The minimum Gasteiger partial charge on any atom is -0.341 e. The molecule has 26 heavy (non-hydrogen) atoms. The summed E-state index contributed by atoms with van der Waals surface area (Å²) < 4.78 is 27.2. The van der Waals surface area contributed by atoms with Crippen molar-refractivity contribution in [2.24, 2.45) is 0 Å². The molecule has 3 rings (SSSR count). The van der Waals surface area contributed by atoms with Crippen LogP contribution in [0.25, 0.3) is 0 Å². The topological polar surface area (TPSA) is 86.9 Å². The van der Waals surface area contributed by atoms with Gasteiger partial charge in [-0.3, -0.25) is 9.59 Å². The number of nitrogens with one attached hydrogen (secondary N) is 3. The number of anilines is 2. The Kier molecular flexibility index (Phi) is 4.94. The first-order chi connectivity index (χ1) is 12.4. The molecule has 0 spiro atoms. The Balaban J connectivity index is 1.73. The number of aromatic amines is 1. The molecular weight excluding hydrogens is 366 g/mol. The van der Waals surface area contributed by atoms with E-state index >= 15 is 0 Å². The lowest BCUT2D eigenvalue weighted by Crippen LogP contribution is -2.15. The number of halogens is 3. The summed E-state index contributed by atoms with van der Waals surface area (Å²) in [4.78, 5) is 30.4. The van der Waals surface area contributed by atoms with Crippen LogP contribution in [0.5, 0.6) is 0 Å². The lowest BCUT2D eigenvalue weighted by Gasteiger charge is -2.10. The van der Waals surface area contributed by atoms with Crippen LogP contribution in [0.15, 0.2) is 48.9 Å². The van der Waals surface area contributed by atoms with Crippen molar-refractivity contribution < 1.29 is 18.4 Å². The van der Waals surface area contributed by atoms with E-state index in [1.54, 1.807) is 0 Å². The number of H-pyrrole nitrogens is 1. The third-order valence-corrected chi connectivity index (χ3v) is 3.71. The van der Waals surface area contributed by atoms with Gasteiger partial charge in [0.15, 0.2) is 0 Å². The van der Waals surface area contributed by atoms with Gasteiger partial charge in [0.25, 0.3) is 11.8 Å². The molecule has 3 aromatic rings. The van der Waals surface area contributed by atoms with Gasteiger partial charge >= 0.3 is 0 Å². The number of nitrogens with zero attached hydrogens (tertiary/aromatic N) is 1. The van der Waals surface area contributed by atoms with Crippen LogP contribution in [0.3, 0.4) is 0 Å². The molecule has 2 amide bonds. The molecule has 0 aliphatic heterocycles. The van der Waals surface area contributed by atoms with E-state index in [2.05, 4.69) is 20.6 Å². The van der Waals surface area contributed by atoms with E-state index in [1.165, 1.54) is 30.7 Å². The Morgan fingerprint density at radius 1 is 1.04 bits per heavy atom. The lowest BCUT2D eigenvalue weighted by molar-refractivity contribution is 0.101. The van der Waals surface area contributed by atoms with Crippen LogP contribution in [0, 0.1) is 11.6 Å². The number of benzene rings is 2. The maximum atomic E-state index is 14.2. The van der Waals surface area contributed by atoms with Crippen LogP contribution in [0.1, 0.15) is 20.8 Å². The number of hydrogen-bond donors (Lipinski definition) is 3. The van der Waals surface area contributed by atoms with E-state index in [-0.39, 0.29) is 27.7 Å². The Morgan fingerprint density at radius 3 is 2.50 bits per heavy atom. The molecule has 0 fully saturated rings. The van der Waals surface area contributed by atoms with Crippen molar-refractivity contribution in [3.05, 3.63) is 76.8 Å². The number of hydrogen-bond acceptors (Lipinski definition) is 3. The first-order valence-corrected chi connectivity index (χ1v) is 7.67. The molecule has 0 unspecified atom stereocenters. The molecule has 0 atom stereocenters. The van der Waals surface area contributed by atoms with Gasteiger partial charge in [-0.15, -0.1) is 0 Å². The van der Waals surface area contributed by atoms with Crippen LogP contribution in [0.4, 0.5) is 20.2 Å². The van der Waals surface area contributed by atoms with Crippen molar-refractivity contribution in [3.8, 4) is 0 Å². The van der Waals surface area contributed by atoms with Crippen molar-refractivity contribution in [1.29, 1.82) is 0 Å². The maximum Gasteiger partial charge on any atom is 0.273 e. The van der Waals surface area contributed by atoms with Gasteiger partial charge in [0.2, 0.25) is 0 Å². The molecule has 0 radical (unpaired) electrons. The normalized spacial score (nSPS) is 10.4. The quantitative estimate of drug-likeness (QED) is 0.646. The molecule has 1 heterocycles. The zero-order chi connectivity index (χ0) is 18.7. The van der Waals surface area contributed by atoms with Gasteiger partial charge in [-0.1, -0.05) is 11.6 Å². The van der Waals surface area contributed by atoms with Crippen LogP contribution in [0.2, 0.25) is 5.02 Å². The third kappa shape index (κ3) is 3.86. The Hall–Kier alpha value is -3.26. The number of carbonyl (C=O) groups is 2. The molecule has 0 aliphatic carbocycles. The number of carbonyl (C=O) groups excluding carboxylic acids is 2. The highest BCUT2D eigenvalue weighted by molar-refractivity contribution is 6.34. The smallest absolute Gasteiger partial charge is 0.273 e. The summed E-state index contributed by atoms with van der Waals surface area (Å²) in [6, 6.07) is 7.01. The fourth-order valence-electron chi connectivity index (χ4n) is 2.14. The third-order valence-electron chi connectivity index (χ3n) is 3.39. The number of amides is 2. The second kappa shape index (κ2) is 7.32. The average molecular weight is 377 g/mol. The largest absolute Gasteiger partial charge is 0.341 e. The molecule has 9 heteroatoms. The summed E-state index contributed by atoms with van der Waals surface area (Å²) in [5.74, 6) is -2.53. The van der Waals surface area contributed by atoms with E-state index in [0.29, 0.717) is 0 Å². The van der Waals surface area contributed by atoms with E-state index in [1.807, 2.05) is 0 Å². The van der Waals surface area contributed by atoms with Gasteiger partial charge in [0.1, 0.15) is 17.3 Å². The Morgan fingerprint density at radius 2 is 1.85 bits per heavy atom. The molecule has 3 N–H and O–H groups in total. The first-order valence-electron chi connectivity index (χ1n) is 7.30. The number of imidazole rings is 1. The van der Waals surface area contributed by atoms with Crippen LogP contribution >= 0.6 is 11.6 Å². The zero-order valence-corrected chi connectivity index (χ0v) is 13.8. The van der Waals surface area contributed by atoms with E-state index in [9.17, 15) is 18.4 Å². The van der Waals surface area contributed by atoms with Gasteiger partial charge < -0.3 is 15.6 Å². The number of rotatable bonds is 4. The number of aromatic nitrogens is 2. The molecular formula is C17H11ClF2N4O2. The second-order valence-corrected chi connectivity index (χ2v) is 5.60. The van der Waals surface area contributed by atoms with Gasteiger partial charge in [-0.05, 0) is 36.4 Å². The van der Waals surface area contributed by atoms with Gasteiger partial charge in [-0.2, -0.15) is 0 Å². The Labute approximate surface area is 151 Å². The Bertz CT molecular complexity index is 977. The van der Waals surface area contributed by atoms with Crippen molar-refractivity contribution in [2.45, 2.75) is 0 Å². The molecule has 1 aromatic heterocycles. The predicted molar refractivity (Wildman–Crippen MR) is 92.3 cm³/mol. The summed E-state index contributed by atoms with van der Waals surface area (Å²) in [5, 5.41) is 4.74. The van der Waals surface area contributed by atoms with Gasteiger partial charge in [-0.25, -0.2) is 13.8 Å². The van der Waals surface area contributed by atoms with Crippen LogP contribution in [-0.4, -0.2) is 21.8 Å². The summed E-state index contributed by atoms with van der Waals surface area (Å²) in [7, 11) is 0.